The van der Waals surface area contributed by atoms with Crippen LogP contribution in [-0.4, -0.2) is 4.57 Å². The third-order valence-electron chi connectivity index (χ3n) is 10.8. The van der Waals surface area contributed by atoms with Crippen LogP contribution in [0.4, 0.5) is 17.1 Å². The highest BCUT2D eigenvalue weighted by molar-refractivity contribution is 7.26. The molecule has 11 aromatic rings. The number of aromatic nitrogens is 1. The van der Waals surface area contributed by atoms with E-state index in [1.165, 1.54) is 67.8 Å². The predicted molar refractivity (Wildman–Crippen MR) is 227 cm³/mol. The van der Waals surface area contributed by atoms with Gasteiger partial charge in [0.15, 0.2) is 11.5 Å². The first-order chi connectivity index (χ1) is 26.3. The van der Waals surface area contributed by atoms with E-state index in [2.05, 4.69) is 167 Å². The van der Waals surface area contributed by atoms with Crippen LogP contribution < -0.4 is 9.64 Å². The van der Waals surface area contributed by atoms with Crippen LogP contribution in [0.3, 0.4) is 0 Å². The number of anilines is 3. The number of ether oxygens (including phenoxy) is 1. The van der Waals surface area contributed by atoms with Crippen molar-refractivity contribution in [3.63, 3.8) is 0 Å². The summed E-state index contributed by atoms with van der Waals surface area (Å²) in [5.74, 6) is 1.77. The van der Waals surface area contributed by atoms with Crippen molar-refractivity contribution >= 4 is 102 Å². The van der Waals surface area contributed by atoms with Gasteiger partial charge < -0.3 is 14.2 Å². The molecule has 0 N–H and O–H groups in total. The van der Waals surface area contributed by atoms with Crippen molar-refractivity contribution in [2.75, 3.05) is 4.90 Å². The van der Waals surface area contributed by atoms with E-state index in [-0.39, 0.29) is 0 Å². The van der Waals surface area contributed by atoms with E-state index in [0.717, 1.165) is 39.8 Å². The number of nitrogens with zero attached hydrogens (tertiary/aromatic N) is 2. The summed E-state index contributed by atoms with van der Waals surface area (Å²) in [6, 6.07) is 61.8. The lowest BCUT2D eigenvalue weighted by molar-refractivity contribution is 0.476. The van der Waals surface area contributed by atoms with Crippen molar-refractivity contribution < 1.29 is 4.74 Å². The van der Waals surface area contributed by atoms with E-state index in [0.29, 0.717) is 0 Å². The average Bonchev–Trinajstić information content (AvgIpc) is 3.88. The summed E-state index contributed by atoms with van der Waals surface area (Å²) < 4.78 is 14.0. The van der Waals surface area contributed by atoms with E-state index in [4.69, 9.17) is 4.74 Å². The molecule has 0 amide bonds. The molecule has 1 aliphatic heterocycles. The Kier molecular flexibility index (Phi) is 6.09. The molecule has 0 unspecified atom stereocenters. The number of rotatable bonds is 4. The maximum atomic E-state index is 6.41. The smallest absolute Gasteiger partial charge is 0.152 e. The predicted octanol–water partition coefficient (Wildman–Crippen LogP) is 14.8. The van der Waals surface area contributed by atoms with Gasteiger partial charge in [-0.1, -0.05) is 97.1 Å². The highest BCUT2D eigenvalue weighted by atomic mass is 32.1. The summed E-state index contributed by atoms with van der Waals surface area (Å²) in [5, 5.41) is 7.67. The molecule has 53 heavy (non-hydrogen) atoms. The molecule has 8 aromatic carbocycles. The van der Waals surface area contributed by atoms with Crippen LogP contribution >= 0.6 is 22.7 Å². The van der Waals surface area contributed by atoms with E-state index >= 15 is 0 Å². The molecule has 5 heteroatoms. The maximum absolute atomic E-state index is 6.41. The summed E-state index contributed by atoms with van der Waals surface area (Å²) in [5.41, 5.74) is 9.16. The highest BCUT2D eigenvalue weighted by Gasteiger charge is 2.25. The lowest BCUT2D eigenvalue weighted by Gasteiger charge is -2.26. The Bertz CT molecular complexity index is 3160. The Morgan fingerprint density at radius 1 is 0.434 bits per heavy atom. The van der Waals surface area contributed by atoms with Gasteiger partial charge in [-0.2, -0.15) is 0 Å². The normalized spacial score (nSPS) is 12.3. The highest BCUT2D eigenvalue weighted by Crippen LogP contribution is 2.48. The van der Waals surface area contributed by atoms with Crippen LogP contribution in [0.5, 0.6) is 11.5 Å². The molecule has 4 heterocycles. The maximum Gasteiger partial charge on any atom is 0.152 e. The van der Waals surface area contributed by atoms with Crippen molar-refractivity contribution in [1.82, 2.24) is 4.57 Å². The molecule has 0 spiro atoms. The molecule has 0 saturated heterocycles. The molecule has 248 valence electrons. The SMILES string of the molecule is c1ccc2c(c1)Oc1cccc3c4c(-c5ccc(N(c6ccc7c(c6)sc6ccccc67)c6ccc7c(c6)sc6ccccc67)cc5)cccc4n-2c13. The standard InChI is InChI=1S/C48H28N2OS2/c1-5-17-43-34(9-1)36-25-23-31(27-45(36)52-43)49(32-24-26-37-35-10-2-6-18-44(35)53-46(37)28-32)30-21-19-29(20-22-30)33-11-7-14-40-47(33)38-12-8-16-42-48(38)50(40)39-13-3-4-15-41(39)51-42/h1-28H. The van der Waals surface area contributed by atoms with Crippen LogP contribution in [0.25, 0.3) is 79.0 Å². The van der Waals surface area contributed by atoms with Gasteiger partial charge in [0.1, 0.15) is 0 Å². The van der Waals surface area contributed by atoms with Gasteiger partial charge in [0.2, 0.25) is 0 Å². The van der Waals surface area contributed by atoms with Crippen molar-refractivity contribution in [3.05, 3.63) is 170 Å². The number of hydrogen-bond donors (Lipinski definition) is 0. The fourth-order valence-electron chi connectivity index (χ4n) is 8.45. The molecule has 0 aliphatic carbocycles. The minimum absolute atomic E-state index is 0.877. The summed E-state index contributed by atoms with van der Waals surface area (Å²) >= 11 is 3.72. The van der Waals surface area contributed by atoms with Gasteiger partial charge in [-0.3, -0.25) is 0 Å². The van der Waals surface area contributed by atoms with Gasteiger partial charge in [-0.15, -0.1) is 22.7 Å². The van der Waals surface area contributed by atoms with E-state index < -0.39 is 0 Å². The van der Waals surface area contributed by atoms with Crippen LogP contribution in [0.1, 0.15) is 0 Å². The Morgan fingerprint density at radius 2 is 1.00 bits per heavy atom. The van der Waals surface area contributed by atoms with Crippen molar-refractivity contribution in [2.45, 2.75) is 0 Å². The van der Waals surface area contributed by atoms with E-state index in [9.17, 15) is 0 Å². The Morgan fingerprint density at radius 3 is 1.72 bits per heavy atom. The fourth-order valence-corrected chi connectivity index (χ4v) is 10.7. The third kappa shape index (κ3) is 4.26. The van der Waals surface area contributed by atoms with Gasteiger partial charge in [-0.05, 0) is 83.9 Å². The van der Waals surface area contributed by atoms with E-state index in [1.807, 2.05) is 34.8 Å². The van der Waals surface area contributed by atoms with Gasteiger partial charge in [0.25, 0.3) is 0 Å². The lowest BCUT2D eigenvalue weighted by atomic mass is 9.99. The second-order valence-electron chi connectivity index (χ2n) is 13.7. The first-order valence-corrected chi connectivity index (χ1v) is 19.5. The molecule has 3 nitrogen and oxygen atoms in total. The zero-order chi connectivity index (χ0) is 34.6. The second kappa shape index (κ2) is 11.1. The monoisotopic (exact) mass is 712 g/mol. The van der Waals surface area contributed by atoms with Crippen LogP contribution in [0, 0.1) is 0 Å². The molecule has 0 bridgehead atoms. The zero-order valence-corrected chi connectivity index (χ0v) is 29.9. The Labute approximate surface area is 312 Å². The van der Waals surface area contributed by atoms with Crippen molar-refractivity contribution in [3.8, 4) is 28.3 Å². The van der Waals surface area contributed by atoms with E-state index in [1.54, 1.807) is 0 Å². The van der Waals surface area contributed by atoms with Gasteiger partial charge in [0.05, 0.1) is 16.7 Å². The second-order valence-corrected chi connectivity index (χ2v) is 15.9. The summed E-state index contributed by atoms with van der Waals surface area (Å²) in [4.78, 5) is 2.41. The minimum atomic E-state index is 0.877. The number of hydrogen-bond acceptors (Lipinski definition) is 4. The fraction of sp³-hybridized carbons (Fsp3) is 0. The van der Waals surface area contributed by atoms with Gasteiger partial charge in [0, 0.05) is 68.2 Å². The molecular formula is C48H28N2OS2. The molecule has 3 aromatic heterocycles. The third-order valence-corrected chi connectivity index (χ3v) is 13.0. The summed E-state index contributed by atoms with van der Waals surface area (Å²) in [7, 11) is 0. The van der Waals surface area contributed by atoms with Crippen molar-refractivity contribution in [1.29, 1.82) is 0 Å². The minimum Gasteiger partial charge on any atom is -0.453 e. The van der Waals surface area contributed by atoms with Crippen LogP contribution in [-0.2, 0) is 0 Å². The first-order valence-electron chi connectivity index (χ1n) is 17.8. The van der Waals surface area contributed by atoms with Gasteiger partial charge >= 0.3 is 0 Å². The number of thiophene rings is 2. The molecular weight excluding hydrogens is 685 g/mol. The molecule has 0 saturated carbocycles. The lowest BCUT2D eigenvalue weighted by Crippen LogP contribution is -2.09. The summed E-state index contributed by atoms with van der Waals surface area (Å²) in [6.07, 6.45) is 0. The molecule has 0 atom stereocenters. The zero-order valence-electron chi connectivity index (χ0n) is 28.3. The molecule has 12 rings (SSSR count). The Hall–Kier alpha value is -6.40. The number of benzene rings is 8. The number of para-hydroxylation sites is 3. The quantitative estimate of drug-likeness (QED) is 0.181. The Balaban J connectivity index is 1.03. The molecule has 0 radical (unpaired) electrons. The topological polar surface area (TPSA) is 17.4 Å². The van der Waals surface area contributed by atoms with Crippen LogP contribution in [0.15, 0.2) is 170 Å². The summed E-state index contributed by atoms with van der Waals surface area (Å²) in [6.45, 7) is 0. The van der Waals surface area contributed by atoms with Crippen LogP contribution in [0.2, 0.25) is 0 Å². The molecule has 1 aliphatic rings. The number of fused-ring (bicyclic) bond motifs is 11. The van der Waals surface area contributed by atoms with Crippen molar-refractivity contribution in [2.24, 2.45) is 0 Å². The average molecular weight is 713 g/mol. The first kappa shape index (κ1) is 29.2. The largest absolute Gasteiger partial charge is 0.453 e. The molecule has 0 fully saturated rings. The van der Waals surface area contributed by atoms with Gasteiger partial charge in [-0.25, -0.2) is 0 Å².